The molecule has 1 N–H and O–H groups in total. The molecule has 1 amide bonds. The zero-order chi connectivity index (χ0) is 13.0. The van der Waals surface area contributed by atoms with E-state index in [0.29, 0.717) is 6.42 Å². The normalized spacial score (nSPS) is 15.1. The van der Waals surface area contributed by atoms with Gasteiger partial charge in [0, 0.05) is 16.6 Å². The summed E-state index contributed by atoms with van der Waals surface area (Å²) in [7, 11) is 0. The van der Waals surface area contributed by atoms with E-state index in [0.717, 1.165) is 23.0 Å². The highest BCUT2D eigenvalue weighted by molar-refractivity contribution is 9.10. The first kappa shape index (κ1) is 13.3. The predicted octanol–water partition coefficient (Wildman–Crippen LogP) is 4.59. The predicted molar refractivity (Wildman–Crippen MR) is 78.7 cm³/mol. The third-order valence-electron chi connectivity index (χ3n) is 3.23. The fourth-order valence-corrected chi connectivity index (χ4v) is 2.53. The quantitative estimate of drug-likeness (QED) is 0.813. The van der Waals surface area contributed by atoms with Gasteiger partial charge in [-0.15, -0.1) is 0 Å². The number of benzene rings is 1. The molecule has 0 bridgehead atoms. The SMILES string of the molecule is Cc1ccc(NC(=O)CC2=CCCCC2)cc1Br. The molecule has 0 saturated carbocycles. The van der Waals surface area contributed by atoms with Crippen LogP contribution in [0.3, 0.4) is 0 Å². The van der Waals surface area contributed by atoms with Gasteiger partial charge >= 0.3 is 0 Å². The minimum absolute atomic E-state index is 0.0823. The van der Waals surface area contributed by atoms with E-state index in [-0.39, 0.29) is 5.91 Å². The first-order chi connectivity index (χ1) is 8.65. The second kappa shape index (κ2) is 6.19. The van der Waals surface area contributed by atoms with Gasteiger partial charge in [0.15, 0.2) is 0 Å². The summed E-state index contributed by atoms with van der Waals surface area (Å²) in [6.07, 6.45) is 7.43. The number of rotatable bonds is 3. The lowest BCUT2D eigenvalue weighted by Gasteiger charge is -2.13. The van der Waals surface area contributed by atoms with Crippen LogP contribution in [0.5, 0.6) is 0 Å². The van der Waals surface area contributed by atoms with Gasteiger partial charge in [-0.3, -0.25) is 4.79 Å². The van der Waals surface area contributed by atoms with Gasteiger partial charge < -0.3 is 5.32 Å². The highest BCUT2D eigenvalue weighted by Crippen LogP contribution is 2.23. The third kappa shape index (κ3) is 3.70. The van der Waals surface area contributed by atoms with E-state index in [2.05, 4.69) is 27.3 Å². The van der Waals surface area contributed by atoms with Gasteiger partial charge in [0.25, 0.3) is 0 Å². The number of nitrogens with one attached hydrogen (secondary N) is 1. The van der Waals surface area contributed by atoms with Crippen molar-refractivity contribution in [1.82, 2.24) is 0 Å². The number of hydrogen-bond acceptors (Lipinski definition) is 1. The van der Waals surface area contributed by atoms with E-state index >= 15 is 0 Å². The number of anilines is 1. The summed E-state index contributed by atoms with van der Waals surface area (Å²) < 4.78 is 1.03. The summed E-state index contributed by atoms with van der Waals surface area (Å²) in [5, 5.41) is 2.95. The van der Waals surface area contributed by atoms with Crippen molar-refractivity contribution >= 4 is 27.5 Å². The number of carbonyl (C=O) groups is 1. The summed E-state index contributed by atoms with van der Waals surface area (Å²) in [5.41, 5.74) is 3.31. The van der Waals surface area contributed by atoms with E-state index in [1.54, 1.807) is 0 Å². The molecule has 0 fully saturated rings. The zero-order valence-electron chi connectivity index (χ0n) is 10.6. The summed E-state index contributed by atoms with van der Waals surface area (Å²) in [4.78, 5) is 11.9. The van der Waals surface area contributed by atoms with Crippen molar-refractivity contribution in [3.63, 3.8) is 0 Å². The van der Waals surface area contributed by atoms with Crippen LogP contribution in [0, 0.1) is 6.92 Å². The molecule has 96 valence electrons. The van der Waals surface area contributed by atoms with E-state index in [1.165, 1.54) is 24.0 Å². The van der Waals surface area contributed by atoms with Crippen molar-refractivity contribution in [2.75, 3.05) is 5.32 Å². The maximum Gasteiger partial charge on any atom is 0.228 e. The summed E-state index contributed by atoms with van der Waals surface area (Å²) in [6.45, 7) is 2.03. The molecule has 1 aromatic carbocycles. The van der Waals surface area contributed by atoms with E-state index in [1.807, 2.05) is 25.1 Å². The lowest BCUT2D eigenvalue weighted by molar-refractivity contribution is -0.115. The van der Waals surface area contributed by atoms with Crippen molar-refractivity contribution in [2.45, 2.75) is 39.0 Å². The topological polar surface area (TPSA) is 29.1 Å². The Hall–Kier alpha value is -1.09. The molecule has 1 aliphatic carbocycles. The minimum Gasteiger partial charge on any atom is -0.326 e. The Morgan fingerprint density at radius 1 is 1.39 bits per heavy atom. The molecule has 2 rings (SSSR count). The molecule has 0 unspecified atom stereocenters. The molecule has 1 aliphatic rings. The van der Waals surface area contributed by atoms with Gasteiger partial charge in [-0.05, 0) is 50.3 Å². The van der Waals surface area contributed by atoms with Crippen LogP contribution < -0.4 is 5.32 Å². The van der Waals surface area contributed by atoms with Crippen LogP contribution in [0.2, 0.25) is 0 Å². The average molecular weight is 308 g/mol. The smallest absolute Gasteiger partial charge is 0.228 e. The summed E-state index contributed by atoms with van der Waals surface area (Å²) >= 11 is 3.47. The molecule has 2 nitrogen and oxygen atoms in total. The molecule has 3 heteroatoms. The molecule has 0 saturated heterocycles. The van der Waals surface area contributed by atoms with Crippen molar-refractivity contribution < 1.29 is 4.79 Å². The lowest BCUT2D eigenvalue weighted by Crippen LogP contribution is -2.13. The lowest BCUT2D eigenvalue weighted by atomic mass is 9.97. The molecule has 0 spiro atoms. The Morgan fingerprint density at radius 2 is 2.22 bits per heavy atom. The number of hydrogen-bond donors (Lipinski definition) is 1. The van der Waals surface area contributed by atoms with Gasteiger partial charge in [-0.1, -0.05) is 33.6 Å². The van der Waals surface area contributed by atoms with Gasteiger partial charge in [0.1, 0.15) is 0 Å². The van der Waals surface area contributed by atoms with E-state index in [4.69, 9.17) is 0 Å². The summed E-state index contributed by atoms with van der Waals surface area (Å²) in [6, 6.07) is 5.88. The van der Waals surface area contributed by atoms with Crippen LogP contribution >= 0.6 is 15.9 Å². The Morgan fingerprint density at radius 3 is 2.89 bits per heavy atom. The number of aryl methyl sites for hydroxylation is 1. The van der Waals surface area contributed by atoms with Crippen molar-refractivity contribution in [2.24, 2.45) is 0 Å². The van der Waals surface area contributed by atoms with Crippen molar-refractivity contribution in [3.8, 4) is 0 Å². The van der Waals surface area contributed by atoms with E-state index < -0.39 is 0 Å². The van der Waals surface area contributed by atoms with Crippen LogP contribution in [-0.2, 0) is 4.79 Å². The molecular formula is C15H18BrNO. The molecule has 0 atom stereocenters. The molecule has 0 aliphatic heterocycles. The Kier molecular flexibility index (Phi) is 4.59. The van der Waals surface area contributed by atoms with Crippen molar-refractivity contribution in [1.29, 1.82) is 0 Å². The zero-order valence-corrected chi connectivity index (χ0v) is 12.2. The molecule has 1 aromatic rings. The highest BCUT2D eigenvalue weighted by atomic mass is 79.9. The Labute approximate surface area is 117 Å². The second-order valence-corrected chi connectivity index (χ2v) is 5.65. The molecular weight excluding hydrogens is 290 g/mol. The second-order valence-electron chi connectivity index (χ2n) is 4.80. The van der Waals surface area contributed by atoms with Gasteiger partial charge in [-0.25, -0.2) is 0 Å². The van der Waals surface area contributed by atoms with Crippen LogP contribution in [0.15, 0.2) is 34.3 Å². The first-order valence-electron chi connectivity index (χ1n) is 6.39. The number of carbonyl (C=O) groups excluding carboxylic acids is 1. The van der Waals surface area contributed by atoms with Crippen LogP contribution in [0.25, 0.3) is 0 Å². The van der Waals surface area contributed by atoms with E-state index in [9.17, 15) is 4.79 Å². The molecule has 0 heterocycles. The average Bonchev–Trinajstić information content (AvgIpc) is 2.35. The third-order valence-corrected chi connectivity index (χ3v) is 4.08. The maximum atomic E-state index is 11.9. The monoisotopic (exact) mass is 307 g/mol. The van der Waals surface area contributed by atoms with Gasteiger partial charge in [-0.2, -0.15) is 0 Å². The van der Waals surface area contributed by atoms with Gasteiger partial charge in [0.2, 0.25) is 5.91 Å². The molecule has 0 radical (unpaired) electrons. The fourth-order valence-electron chi connectivity index (χ4n) is 2.15. The molecule has 0 aromatic heterocycles. The maximum absolute atomic E-state index is 11.9. The van der Waals surface area contributed by atoms with Crippen molar-refractivity contribution in [3.05, 3.63) is 39.9 Å². The standard InChI is InChI=1S/C15H18BrNO/c1-11-7-8-13(10-14(11)16)17-15(18)9-12-5-3-2-4-6-12/h5,7-8,10H,2-4,6,9H2,1H3,(H,17,18). The molecule has 18 heavy (non-hydrogen) atoms. The van der Waals surface area contributed by atoms with Crippen LogP contribution in [0.4, 0.5) is 5.69 Å². The first-order valence-corrected chi connectivity index (χ1v) is 7.18. The van der Waals surface area contributed by atoms with Crippen LogP contribution in [0.1, 0.15) is 37.7 Å². The summed E-state index contributed by atoms with van der Waals surface area (Å²) in [5.74, 6) is 0.0823. The highest BCUT2D eigenvalue weighted by Gasteiger charge is 2.09. The largest absolute Gasteiger partial charge is 0.326 e. The Bertz CT molecular complexity index is 479. The number of amides is 1. The Balaban J connectivity index is 1.94. The minimum atomic E-state index is 0.0823. The fraction of sp³-hybridized carbons (Fsp3) is 0.400. The van der Waals surface area contributed by atoms with Gasteiger partial charge in [0.05, 0.1) is 0 Å². The van der Waals surface area contributed by atoms with Crippen LogP contribution in [-0.4, -0.2) is 5.91 Å². The number of halogens is 1. The number of allylic oxidation sites excluding steroid dienone is 1.